The van der Waals surface area contributed by atoms with Crippen LogP contribution in [0.1, 0.15) is 5.82 Å². The number of hydrogen-bond acceptors (Lipinski definition) is 4. The molecule has 0 aromatic carbocycles. The Morgan fingerprint density at radius 2 is 2.07 bits per heavy atom. The van der Waals surface area contributed by atoms with Crippen molar-refractivity contribution in [2.45, 2.75) is 6.18 Å². The second kappa shape index (κ2) is 2.56. The number of halogens is 3. The van der Waals surface area contributed by atoms with Crippen LogP contribution in [0.3, 0.4) is 0 Å². The fourth-order valence-electron chi connectivity index (χ4n) is 0.917. The van der Waals surface area contributed by atoms with E-state index in [-0.39, 0.29) is 11.5 Å². The second-order valence-electron chi connectivity index (χ2n) is 2.57. The highest BCUT2D eigenvalue weighted by atomic mass is 19.4. The van der Waals surface area contributed by atoms with Gasteiger partial charge in [0.1, 0.15) is 0 Å². The topological polar surface area (TPSA) is 69.1 Å². The average molecular weight is 203 g/mol. The van der Waals surface area contributed by atoms with E-state index in [0.29, 0.717) is 0 Å². The molecule has 2 aromatic heterocycles. The molecule has 0 bridgehead atoms. The molecule has 0 atom stereocenters. The SMILES string of the molecule is Nc1cnc2nc(C(F)(F)F)nn2c1. The van der Waals surface area contributed by atoms with Crippen molar-refractivity contribution in [3.8, 4) is 0 Å². The first kappa shape index (κ1) is 8.73. The molecule has 14 heavy (non-hydrogen) atoms. The predicted octanol–water partition coefficient (Wildman–Crippen LogP) is 0.725. The quantitative estimate of drug-likeness (QED) is 0.685. The van der Waals surface area contributed by atoms with Crippen molar-refractivity contribution in [2.24, 2.45) is 0 Å². The molecule has 2 aromatic rings. The van der Waals surface area contributed by atoms with Gasteiger partial charge in [-0.1, -0.05) is 0 Å². The standard InChI is InChI=1S/C6H4F3N5/c7-6(8,9)4-12-5-11-1-3(10)2-14(5)13-4/h1-2H,10H2. The largest absolute Gasteiger partial charge is 0.453 e. The summed E-state index contributed by atoms with van der Waals surface area (Å²) < 4.78 is 37.3. The van der Waals surface area contributed by atoms with Gasteiger partial charge in [0.15, 0.2) is 0 Å². The first-order chi connectivity index (χ1) is 6.47. The van der Waals surface area contributed by atoms with E-state index in [0.717, 1.165) is 4.52 Å². The molecule has 2 heterocycles. The van der Waals surface area contributed by atoms with Crippen LogP contribution in [0.4, 0.5) is 18.9 Å². The molecule has 0 saturated heterocycles. The van der Waals surface area contributed by atoms with Gasteiger partial charge in [0.05, 0.1) is 18.1 Å². The number of alkyl halides is 3. The molecular weight excluding hydrogens is 199 g/mol. The molecule has 0 aliphatic rings. The first-order valence-electron chi connectivity index (χ1n) is 3.52. The smallest absolute Gasteiger partial charge is 0.396 e. The van der Waals surface area contributed by atoms with Crippen LogP contribution in [-0.4, -0.2) is 19.6 Å². The van der Waals surface area contributed by atoms with Gasteiger partial charge in [0.25, 0.3) is 11.6 Å². The molecule has 74 valence electrons. The average Bonchev–Trinajstić information content (AvgIpc) is 2.45. The number of rotatable bonds is 0. The molecule has 0 fully saturated rings. The van der Waals surface area contributed by atoms with Crippen LogP contribution in [0, 0.1) is 0 Å². The maximum Gasteiger partial charge on any atom is 0.453 e. The van der Waals surface area contributed by atoms with Gasteiger partial charge in [0, 0.05) is 0 Å². The van der Waals surface area contributed by atoms with E-state index in [1.54, 1.807) is 0 Å². The van der Waals surface area contributed by atoms with Gasteiger partial charge in [-0.05, 0) is 0 Å². The van der Waals surface area contributed by atoms with Crippen LogP contribution in [0.15, 0.2) is 12.4 Å². The maximum absolute atomic E-state index is 12.1. The highest BCUT2D eigenvalue weighted by Crippen LogP contribution is 2.26. The fraction of sp³-hybridized carbons (Fsp3) is 0.167. The Morgan fingerprint density at radius 1 is 1.36 bits per heavy atom. The van der Waals surface area contributed by atoms with E-state index in [4.69, 9.17) is 5.73 Å². The number of nitrogens with zero attached hydrogens (tertiary/aromatic N) is 4. The van der Waals surface area contributed by atoms with Crippen LogP contribution < -0.4 is 5.73 Å². The minimum Gasteiger partial charge on any atom is -0.396 e. The lowest BCUT2D eigenvalue weighted by Gasteiger charge is -1.96. The number of fused-ring (bicyclic) bond motifs is 1. The van der Waals surface area contributed by atoms with Crippen LogP contribution in [0.5, 0.6) is 0 Å². The summed E-state index contributed by atoms with van der Waals surface area (Å²) in [5, 5.41) is 3.18. The van der Waals surface area contributed by atoms with Gasteiger partial charge in [-0.15, -0.1) is 5.10 Å². The molecule has 0 aliphatic heterocycles. The van der Waals surface area contributed by atoms with E-state index in [2.05, 4.69) is 15.1 Å². The Kier molecular flexibility index (Phi) is 1.60. The van der Waals surface area contributed by atoms with Crippen LogP contribution in [-0.2, 0) is 6.18 Å². The van der Waals surface area contributed by atoms with Crippen LogP contribution in [0.25, 0.3) is 5.78 Å². The summed E-state index contributed by atoms with van der Waals surface area (Å²) >= 11 is 0. The van der Waals surface area contributed by atoms with E-state index in [1.807, 2.05) is 0 Å². The Hall–Kier alpha value is -1.86. The number of anilines is 1. The zero-order valence-corrected chi connectivity index (χ0v) is 6.65. The van der Waals surface area contributed by atoms with E-state index in [1.165, 1.54) is 12.4 Å². The Morgan fingerprint density at radius 3 is 2.71 bits per heavy atom. The number of nitrogen functional groups attached to an aromatic ring is 1. The molecule has 2 N–H and O–H groups in total. The molecule has 8 heteroatoms. The fourth-order valence-corrected chi connectivity index (χ4v) is 0.917. The van der Waals surface area contributed by atoms with Gasteiger partial charge in [-0.25, -0.2) is 9.50 Å². The molecule has 0 spiro atoms. The minimum atomic E-state index is -4.57. The number of nitrogens with two attached hydrogens (primary N) is 1. The monoisotopic (exact) mass is 203 g/mol. The summed E-state index contributed by atoms with van der Waals surface area (Å²) in [5.74, 6) is -1.36. The molecular formula is C6H4F3N5. The molecule has 0 saturated carbocycles. The van der Waals surface area contributed by atoms with Crippen LogP contribution >= 0.6 is 0 Å². The van der Waals surface area contributed by atoms with Crippen molar-refractivity contribution in [1.82, 2.24) is 19.6 Å². The lowest BCUT2D eigenvalue weighted by Crippen LogP contribution is -2.07. The van der Waals surface area contributed by atoms with Crippen molar-refractivity contribution in [2.75, 3.05) is 5.73 Å². The third kappa shape index (κ3) is 1.34. The molecule has 0 radical (unpaired) electrons. The van der Waals surface area contributed by atoms with Gasteiger partial charge in [-0.3, -0.25) is 0 Å². The molecule has 0 unspecified atom stereocenters. The Labute approximate surface area is 75.4 Å². The normalized spacial score (nSPS) is 12.2. The zero-order chi connectivity index (χ0) is 10.3. The summed E-state index contributed by atoms with van der Waals surface area (Å²) in [6.07, 6.45) is -2.14. The van der Waals surface area contributed by atoms with Crippen molar-refractivity contribution in [1.29, 1.82) is 0 Å². The lowest BCUT2D eigenvalue weighted by molar-refractivity contribution is -0.144. The molecule has 0 amide bonds. The van der Waals surface area contributed by atoms with Crippen molar-refractivity contribution >= 4 is 11.5 Å². The third-order valence-corrected chi connectivity index (χ3v) is 1.47. The molecule has 2 rings (SSSR count). The maximum atomic E-state index is 12.1. The summed E-state index contributed by atoms with van der Waals surface area (Å²) in [6, 6.07) is 0. The Balaban J connectivity index is 2.63. The summed E-state index contributed by atoms with van der Waals surface area (Å²) in [4.78, 5) is 6.76. The van der Waals surface area contributed by atoms with Gasteiger partial charge >= 0.3 is 6.18 Å². The second-order valence-corrected chi connectivity index (χ2v) is 2.57. The predicted molar refractivity (Wildman–Crippen MR) is 40.2 cm³/mol. The molecule has 0 aliphatic carbocycles. The third-order valence-electron chi connectivity index (χ3n) is 1.47. The highest BCUT2D eigenvalue weighted by molar-refractivity contribution is 5.38. The van der Waals surface area contributed by atoms with Crippen LogP contribution in [0.2, 0.25) is 0 Å². The first-order valence-corrected chi connectivity index (χ1v) is 3.52. The van der Waals surface area contributed by atoms with Crippen molar-refractivity contribution < 1.29 is 13.2 Å². The highest BCUT2D eigenvalue weighted by Gasteiger charge is 2.36. The summed E-state index contributed by atoms with van der Waals surface area (Å²) in [7, 11) is 0. The van der Waals surface area contributed by atoms with E-state index >= 15 is 0 Å². The minimum absolute atomic E-state index is 0.133. The van der Waals surface area contributed by atoms with Crippen molar-refractivity contribution in [3.05, 3.63) is 18.2 Å². The number of aromatic nitrogens is 4. The summed E-state index contributed by atoms with van der Waals surface area (Å²) in [5.41, 5.74) is 5.53. The van der Waals surface area contributed by atoms with E-state index in [9.17, 15) is 13.2 Å². The lowest BCUT2D eigenvalue weighted by atomic mass is 10.6. The van der Waals surface area contributed by atoms with Gasteiger partial charge in [0.2, 0.25) is 0 Å². The molecule has 5 nitrogen and oxygen atoms in total. The zero-order valence-electron chi connectivity index (χ0n) is 6.65. The van der Waals surface area contributed by atoms with Crippen molar-refractivity contribution in [3.63, 3.8) is 0 Å². The Bertz CT molecular complexity index is 474. The number of hydrogen-bond donors (Lipinski definition) is 1. The van der Waals surface area contributed by atoms with Gasteiger partial charge < -0.3 is 5.73 Å². The van der Waals surface area contributed by atoms with E-state index < -0.39 is 12.0 Å². The van der Waals surface area contributed by atoms with Gasteiger partial charge in [-0.2, -0.15) is 18.2 Å². The summed E-state index contributed by atoms with van der Waals surface area (Å²) in [6.45, 7) is 0.